The average Bonchev–Trinajstić information content (AvgIpc) is 2.72. The van der Waals surface area contributed by atoms with Gasteiger partial charge in [-0.25, -0.2) is 4.98 Å². The lowest BCUT2D eigenvalue weighted by Crippen LogP contribution is -2.20. The van der Waals surface area contributed by atoms with Gasteiger partial charge in [-0.2, -0.15) is 0 Å². The largest absolute Gasteiger partial charge is 0.493 e. The van der Waals surface area contributed by atoms with Crippen molar-refractivity contribution in [2.45, 2.75) is 24.1 Å². The Balaban J connectivity index is 1.84. The van der Waals surface area contributed by atoms with E-state index < -0.39 is 0 Å². The van der Waals surface area contributed by atoms with Crippen molar-refractivity contribution in [1.82, 2.24) is 9.55 Å². The third-order valence-electron chi connectivity index (χ3n) is 3.99. The van der Waals surface area contributed by atoms with Gasteiger partial charge in [-0.05, 0) is 36.2 Å². The minimum atomic E-state index is -0.175. The lowest BCUT2D eigenvalue weighted by atomic mass is 10.2. The monoisotopic (exact) mass is 416 g/mol. The van der Waals surface area contributed by atoms with Gasteiger partial charge >= 0.3 is 0 Å². The molecule has 1 heterocycles. The summed E-state index contributed by atoms with van der Waals surface area (Å²) in [5.74, 6) is 1.88. The van der Waals surface area contributed by atoms with E-state index in [0.29, 0.717) is 39.6 Å². The molecule has 0 bridgehead atoms. The molecule has 0 saturated carbocycles. The van der Waals surface area contributed by atoms with Gasteiger partial charge in [-0.15, -0.1) is 0 Å². The maximum Gasteiger partial charge on any atom is 0.287 e. The van der Waals surface area contributed by atoms with Gasteiger partial charge in [0, 0.05) is 29.2 Å². The number of aromatic nitrogens is 2. The summed E-state index contributed by atoms with van der Waals surface area (Å²) in [5, 5.41) is 1.12. The second-order valence-corrected chi connectivity index (χ2v) is 7.41. The number of hydrogen-bond acceptors (Lipinski definition) is 5. The van der Waals surface area contributed by atoms with E-state index in [0.717, 1.165) is 12.0 Å². The van der Waals surface area contributed by atoms with Crippen LogP contribution in [0, 0.1) is 0 Å². The van der Waals surface area contributed by atoms with Crippen molar-refractivity contribution in [3.8, 4) is 17.2 Å². The Hall–Kier alpha value is -2.44. The van der Waals surface area contributed by atoms with E-state index >= 15 is 0 Å². The van der Waals surface area contributed by atoms with E-state index in [1.807, 2.05) is 43.3 Å². The average molecular weight is 417 g/mol. The van der Waals surface area contributed by atoms with Crippen molar-refractivity contribution in [2.24, 2.45) is 0 Å². The maximum absolute atomic E-state index is 12.9. The number of thioether (sulfide) groups is 1. The van der Waals surface area contributed by atoms with Gasteiger partial charge in [-0.3, -0.25) is 9.36 Å². The van der Waals surface area contributed by atoms with Crippen LogP contribution in [-0.4, -0.2) is 23.3 Å². The molecule has 0 amide bonds. The molecule has 5 nitrogen and oxygen atoms in total. The molecule has 0 atom stereocenters. The van der Waals surface area contributed by atoms with Crippen LogP contribution in [0.4, 0.5) is 0 Å². The van der Waals surface area contributed by atoms with Crippen LogP contribution in [0.2, 0.25) is 5.02 Å². The first kappa shape index (κ1) is 20.3. The fourth-order valence-electron chi connectivity index (χ4n) is 2.57. The van der Waals surface area contributed by atoms with Crippen LogP contribution in [0.15, 0.2) is 64.7 Å². The van der Waals surface area contributed by atoms with Gasteiger partial charge in [0.05, 0.1) is 19.4 Å². The summed E-state index contributed by atoms with van der Waals surface area (Å²) in [6, 6.07) is 13.0. The fourth-order valence-corrected chi connectivity index (χ4v) is 3.54. The van der Waals surface area contributed by atoms with Gasteiger partial charge in [-0.1, -0.05) is 42.4 Å². The smallest absolute Gasteiger partial charge is 0.287 e. The minimum Gasteiger partial charge on any atom is -0.493 e. The van der Waals surface area contributed by atoms with Crippen LogP contribution in [0.3, 0.4) is 0 Å². The number of halogens is 1. The molecule has 0 aliphatic carbocycles. The van der Waals surface area contributed by atoms with E-state index in [-0.39, 0.29) is 5.56 Å². The van der Waals surface area contributed by atoms with E-state index in [2.05, 4.69) is 4.98 Å². The molecule has 0 fully saturated rings. The van der Waals surface area contributed by atoms with Gasteiger partial charge in [0.1, 0.15) is 0 Å². The molecule has 0 N–H and O–H groups in total. The molecule has 0 unspecified atom stereocenters. The highest BCUT2D eigenvalue weighted by Gasteiger charge is 2.11. The summed E-state index contributed by atoms with van der Waals surface area (Å²) in [6.07, 6.45) is 4.18. The number of ether oxygens (including phenoxy) is 2. The van der Waals surface area contributed by atoms with Crippen LogP contribution >= 0.6 is 23.4 Å². The number of hydrogen-bond donors (Lipinski definition) is 0. The Bertz CT molecular complexity index is 990. The van der Waals surface area contributed by atoms with Crippen LogP contribution < -0.4 is 15.0 Å². The van der Waals surface area contributed by atoms with E-state index in [1.54, 1.807) is 30.1 Å². The van der Waals surface area contributed by atoms with Crippen LogP contribution in [-0.2, 0) is 5.75 Å². The van der Waals surface area contributed by atoms with Crippen molar-refractivity contribution in [3.05, 3.63) is 75.8 Å². The molecule has 3 aromatic rings. The van der Waals surface area contributed by atoms with Crippen LogP contribution in [0.1, 0.15) is 18.9 Å². The number of methoxy groups -OCH3 is 1. The molecule has 0 aliphatic heterocycles. The van der Waals surface area contributed by atoms with Crippen LogP contribution in [0.25, 0.3) is 5.69 Å². The van der Waals surface area contributed by atoms with E-state index in [1.165, 1.54) is 11.8 Å². The molecule has 146 valence electrons. The standard InChI is InChI=1S/C21H21ClN2O3S/c1-3-12-27-18-9-8-17(13-19(18)26-2)24-11-10-23-20(21(24)25)28-14-15-4-6-16(22)7-5-15/h4-11,13H,3,12,14H2,1-2H3. The van der Waals surface area contributed by atoms with Gasteiger partial charge in [0.15, 0.2) is 16.5 Å². The Labute approximate surface area is 173 Å². The van der Waals surface area contributed by atoms with E-state index in [9.17, 15) is 4.79 Å². The first-order chi connectivity index (χ1) is 13.6. The molecule has 28 heavy (non-hydrogen) atoms. The van der Waals surface area contributed by atoms with E-state index in [4.69, 9.17) is 21.1 Å². The third-order valence-corrected chi connectivity index (χ3v) is 5.27. The zero-order valence-electron chi connectivity index (χ0n) is 15.7. The number of rotatable bonds is 8. The molecule has 7 heteroatoms. The summed E-state index contributed by atoms with van der Waals surface area (Å²) < 4.78 is 12.7. The number of nitrogens with zero attached hydrogens (tertiary/aromatic N) is 2. The lowest BCUT2D eigenvalue weighted by Gasteiger charge is -2.13. The van der Waals surface area contributed by atoms with Crippen molar-refractivity contribution >= 4 is 23.4 Å². The summed E-state index contributed by atoms with van der Waals surface area (Å²) >= 11 is 7.31. The fraction of sp³-hybridized carbons (Fsp3) is 0.238. The van der Waals surface area contributed by atoms with Gasteiger partial charge in [0.2, 0.25) is 0 Å². The minimum absolute atomic E-state index is 0.175. The summed E-state index contributed by atoms with van der Waals surface area (Å²) in [7, 11) is 1.58. The van der Waals surface area contributed by atoms with Crippen LogP contribution in [0.5, 0.6) is 11.5 Å². The third kappa shape index (κ3) is 4.88. The Morgan fingerprint density at radius 3 is 2.64 bits per heavy atom. The van der Waals surface area contributed by atoms with Crippen molar-refractivity contribution in [2.75, 3.05) is 13.7 Å². The SMILES string of the molecule is CCCOc1ccc(-n2ccnc(SCc3ccc(Cl)cc3)c2=O)cc1OC. The molecule has 0 aliphatic rings. The Morgan fingerprint density at radius 2 is 1.93 bits per heavy atom. The predicted octanol–water partition coefficient (Wildman–Crippen LogP) is 4.98. The molecule has 1 aromatic heterocycles. The van der Waals surface area contributed by atoms with Gasteiger partial charge in [0.25, 0.3) is 5.56 Å². The zero-order valence-corrected chi connectivity index (χ0v) is 17.3. The highest BCUT2D eigenvalue weighted by atomic mass is 35.5. The molecule has 2 aromatic carbocycles. The van der Waals surface area contributed by atoms with Crippen molar-refractivity contribution < 1.29 is 9.47 Å². The second kappa shape index (κ2) is 9.66. The summed E-state index contributed by atoms with van der Waals surface area (Å²) in [4.78, 5) is 17.1. The zero-order chi connectivity index (χ0) is 19.9. The summed E-state index contributed by atoms with van der Waals surface area (Å²) in [6.45, 7) is 2.65. The van der Waals surface area contributed by atoms with Crippen molar-refractivity contribution in [3.63, 3.8) is 0 Å². The first-order valence-electron chi connectivity index (χ1n) is 8.88. The topological polar surface area (TPSA) is 53.4 Å². The number of benzene rings is 2. The predicted molar refractivity (Wildman–Crippen MR) is 113 cm³/mol. The van der Waals surface area contributed by atoms with Gasteiger partial charge < -0.3 is 9.47 Å². The highest BCUT2D eigenvalue weighted by molar-refractivity contribution is 7.98. The molecule has 0 radical (unpaired) electrons. The molecule has 0 saturated heterocycles. The molecule has 3 rings (SSSR count). The normalized spacial score (nSPS) is 10.7. The molecular weight excluding hydrogens is 396 g/mol. The maximum atomic E-state index is 12.9. The lowest BCUT2D eigenvalue weighted by molar-refractivity contribution is 0.294. The quantitative estimate of drug-likeness (QED) is 0.485. The Morgan fingerprint density at radius 1 is 1.14 bits per heavy atom. The second-order valence-electron chi connectivity index (χ2n) is 6.01. The van der Waals surface area contributed by atoms with Crippen molar-refractivity contribution in [1.29, 1.82) is 0 Å². The molecular formula is C21H21ClN2O3S. The molecule has 0 spiro atoms. The Kier molecular flexibility index (Phi) is 7.01. The summed E-state index contributed by atoms with van der Waals surface area (Å²) in [5.41, 5.74) is 1.59. The highest BCUT2D eigenvalue weighted by Crippen LogP contribution is 2.29. The first-order valence-corrected chi connectivity index (χ1v) is 10.2.